The molecule has 0 atom stereocenters. The minimum Gasteiger partial charge on any atom is -0.477 e. The highest BCUT2D eigenvalue weighted by atomic mass is 32.1. The van der Waals surface area contributed by atoms with Crippen molar-refractivity contribution in [1.29, 1.82) is 0 Å². The minimum absolute atomic E-state index is 0.116. The van der Waals surface area contributed by atoms with E-state index in [-0.39, 0.29) is 11.4 Å². The standard InChI is InChI=1S/C13H14FN3O3S/c14-8-2-1-3-9-10(8)7(11(21-9)12(18)19)6-16-4-5-17-13(15)20/h1-3,16H,4-6H2,(H,18,19)(H3,15,17,20). The van der Waals surface area contributed by atoms with Gasteiger partial charge < -0.3 is 21.5 Å². The normalized spacial score (nSPS) is 10.7. The van der Waals surface area contributed by atoms with E-state index in [0.717, 1.165) is 11.3 Å². The molecule has 5 N–H and O–H groups in total. The van der Waals surface area contributed by atoms with Gasteiger partial charge >= 0.3 is 12.0 Å². The maximum Gasteiger partial charge on any atom is 0.346 e. The van der Waals surface area contributed by atoms with Crippen LogP contribution in [0.25, 0.3) is 10.1 Å². The highest BCUT2D eigenvalue weighted by molar-refractivity contribution is 7.21. The van der Waals surface area contributed by atoms with Crippen LogP contribution in [0, 0.1) is 5.82 Å². The SMILES string of the molecule is NC(=O)NCCNCc1c(C(=O)O)sc2cccc(F)c12. The first-order valence-electron chi connectivity index (χ1n) is 6.18. The third-order valence-electron chi connectivity index (χ3n) is 2.86. The Bertz CT molecular complexity index is 687. The molecular weight excluding hydrogens is 297 g/mol. The number of nitrogens with one attached hydrogen (secondary N) is 2. The molecular formula is C13H14FN3O3S. The van der Waals surface area contributed by atoms with E-state index in [1.54, 1.807) is 12.1 Å². The van der Waals surface area contributed by atoms with Crippen LogP contribution in [0.15, 0.2) is 18.2 Å². The molecule has 0 aliphatic carbocycles. The van der Waals surface area contributed by atoms with Gasteiger partial charge in [-0.15, -0.1) is 11.3 Å². The molecule has 0 radical (unpaired) electrons. The van der Waals surface area contributed by atoms with Crippen molar-refractivity contribution in [3.63, 3.8) is 0 Å². The summed E-state index contributed by atoms with van der Waals surface area (Å²) in [6.07, 6.45) is 0. The number of primary amides is 1. The molecule has 0 unspecified atom stereocenters. The number of carboxylic acids is 1. The van der Waals surface area contributed by atoms with Crippen LogP contribution in [0.5, 0.6) is 0 Å². The molecule has 6 nitrogen and oxygen atoms in total. The fourth-order valence-electron chi connectivity index (χ4n) is 2.00. The van der Waals surface area contributed by atoms with E-state index in [9.17, 15) is 19.1 Å². The third kappa shape index (κ3) is 3.47. The number of carbonyl (C=O) groups excluding carboxylic acids is 1. The predicted octanol–water partition coefficient (Wildman–Crippen LogP) is 1.50. The molecule has 0 spiro atoms. The highest BCUT2D eigenvalue weighted by Gasteiger charge is 2.19. The zero-order valence-corrected chi connectivity index (χ0v) is 11.8. The molecule has 0 aliphatic heterocycles. The molecule has 8 heteroatoms. The number of rotatable bonds is 6. The lowest BCUT2D eigenvalue weighted by Crippen LogP contribution is -2.35. The van der Waals surface area contributed by atoms with Gasteiger partial charge in [0.2, 0.25) is 0 Å². The Morgan fingerprint density at radius 2 is 2.10 bits per heavy atom. The van der Waals surface area contributed by atoms with Crippen LogP contribution in [-0.2, 0) is 6.54 Å². The number of hydrogen-bond donors (Lipinski definition) is 4. The zero-order chi connectivity index (χ0) is 15.4. The summed E-state index contributed by atoms with van der Waals surface area (Å²) in [5.41, 5.74) is 5.34. The summed E-state index contributed by atoms with van der Waals surface area (Å²) in [6, 6.07) is 3.91. The minimum atomic E-state index is -1.08. The van der Waals surface area contributed by atoms with Gasteiger partial charge in [-0.1, -0.05) is 6.07 Å². The van der Waals surface area contributed by atoms with Gasteiger partial charge in [-0.05, 0) is 12.1 Å². The molecule has 0 saturated heterocycles. The van der Waals surface area contributed by atoms with E-state index in [4.69, 9.17) is 5.73 Å². The molecule has 1 aromatic heterocycles. The highest BCUT2D eigenvalue weighted by Crippen LogP contribution is 2.33. The monoisotopic (exact) mass is 311 g/mol. The Morgan fingerprint density at radius 3 is 2.76 bits per heavy atom. The van der Waals surface area contributed by atoms with Crippen LogP contribution in [0.4, 0.5) is 9.18 Å². The molecule has 0 bridgehead atoms. The van der Waals surface area contributed by atoms with Crippen molar-refractivity contribution in [3.05, 3.63) is 34.5 Å². The first-order valence-corrected chi connectivity index (χ1v) is 6.99. The van der Waals surface area contributed by atoms with E-state index >= 15 is 0 Å². The first-order chi connectivity index (χ1) is 10.0. The quantitative estimate of drug-likeness (QED) is 0.607. The van der Waals surface area contributed by atoms with E-state index in [1.807, 2.05) is 0 Å². The molecule has 0 aliphatic rings. The van der Waals surface area contributed by atoms with Crippen LogP contribution in [0.2, 0.25) is 0 Å². The molecule has 21 heavy (non-hydrogen) atoms. The van der Waals surface area contributed by atoms with Gasteiger partial charge in [0.05, 0.1) is 0 Å². The summed E-state index contributed by atoms with van der Waals surface area (Å²) < 4.78 is 14.5. The van der Waals surface area contributed by atoms with Crippen molar-refractivity contribution in [1.82, 2.24) is 10.6 Å². The Balaban J connectivity index is 2.18. The Labute approximate surface area is 123 Å². The number of amides is 2. The number of fused-ring (bicyclic) bond motifs is 1. The number of urea groups is 1. The summed E-state index contributed by atoms with van der Waals surface area (Å²) in [5, 5.41) is 14.9. The van der Waals surface area contributed by atoms with Crippen molar-refractivity contribution in [2.45, 2.75) is 6.54 Å². The Kier molecular flexibility index (Phi) is 4.71. The first kappa shape index (κ1) is 15.2. The van der Waals surface area contributed by atoms with E-state index in [1.165, 1.54) is 6.07 Å². The van der Waals surface area contributed by atoms with Crippen LogP contribution >= 0.6 is 11.3 Å². The molecule has 0 fully saturated rings. The fourth-order valence-corrected chi connectivity index (χ4v) is 3.07. The predicted molar refractivity (Wildman–Crippen MR) is 78.0 cm³/mol. The van der Waals surface area contributed by atoms with Crippen molar-refractivity contribution in [3.8, 4) is 0 Å². The van der Waals surface area contributed by atoms with Crippen molar-refractivity contribution >= 4 is 33.4 Å². The van der Waals surface area contributed by atoms with Gasteiger partial charge in [0.1, 0.15) is 10.7 Å². The number of aromatic carboxylic acids is 1. The average Bonchev–Trinajstić information content (AvgIpc) is 2.78. The smallest absolute Gasteiger partial charge is 0.346 e. The molecule has 2 aromatic rings. The largest absolute Gasteiger partial charge is 0.477 e. The summed E-state index contributed by atoms with van der Waals surface area (Å²) in [7, 11) is 0. The van der Waals surface area contributed by atoms with E-state index < -0.39 is 17.8 Å². The molecule has 0 saturated carbocycles. The zero-order valence-electron chi connectivity index (χ0n) is 11.0. The van der Waals surface area contributed by atoms with Crippen LogP contribution < -0.4 is 16.4 Å². The summed E-state index contributed by atoms with van der Waals surface area (Å²) in [6.45, 7) is 0.902. The number of nitrogens with two attached hydrogens (primary N) is 1. The maximum atomic E-state index is 13.9. The van der Waals surface area contributed by atoms with Crippen molar-refractivity contribution in [2.75, 3.05) is 13.1 Å². The Hall–Kier alpha value is -2.19. The van der Waals surface area contributed by atoms with Gasteiger partial charge in [-0.3, -0.25) is 0 Å². The Morgan fingerprint density at radius 1 is 1.33 bits per heavy atom. The van der Waals surface area contributed by atoms with E-state index in [0.29, 0.717) is 28.7 Å². The summed E-state index contributed by atoms with van der Waals surface area (Å²) >= 11 is 1.05. The van der Waals surface area contributed by atoms with Crippen molar-refractivity contribution in [2.24, 2.45) is 5.73 Å². The molecule has 2 rings (SSSR count). The molecule has 1 aromatic carbocycles. The lowest BCUT2D eigenvalue weighted by molar-refractivity contribution is 0.0701. The number of halogens is 1. The van der Waals surface area contributed by atoms with Gasteiger partial charge in [-0.25, -0.2) is 14.0 Å². The van der Waals surface area contributed by atoms with Gasteiger partial charge in [0, 0.05) is 35.3 Å². The van der Waals surface area contributed by atoms with Crippen LogP contribution in [-0.4, -0.2) is 30.2 Å². The van der Waals surface area contributed by atoms with E-state index in [2.05, 4.69) is 10.6 Å². The summed E-state index contributed by atoms with van der Waals surface area (Å²) in [5.74, 6) is -1.52. The van der Waals surface area contributed by atoms with Gasteiger partial charge in [-0.2, -0.15) is 0 Å². The van der Waals surface area contributed by atoms with Crippen LogP contribution in [0.1, 0.15) is 15.2 Å². The lowest BCUT2D eigenvalue weighted by atomic mass is 10.1. The van der Waals surface area contributed by atoms with Crippen LogP contribution in [0.3, 0.4) is 0 Å². The second-order valence-electron chi connectivity index (χ2n) is 4.30. The number of carboxylic acid groups (broad SMARTS) is 1. The number of thiophene rings is 1. The lowest BCUT2D eigenvalue weighted by Gasteiger charge is -2.06. The molecule has 2 amide bonds. The van der Waals surface area contributed by atoms with Gasteiger partial charge in [0.15, 0.2) is 0 Å². The molecule has 112 valence electrons. The number of hydrogen-bond acceptors (Lipinski definition) is 4. The maximum absolute atomic E-state index is 13.9. The average molecular weight is 311 g/mol. The second-order valence-corrected chi connectivity index (χ2v) is 5.35. The third-order valence-corrected chi connectivity index (χ3v) is 4.05. The number of carbonyl (C=O) groups is 2. The second kappa shape index (κ2) is 6.51. The van der Waals surface area contributed by atoms with Gasteiger partial charge in [0.25, 0.3) is 0 Å². The molecule has 1 heterocycles. The fraction of sp³-hybridized carbons (Fsp3) is 0.231. The summed E-state index contributed by atoms with van der Waals surface area (Å²) in [4.78, 5) is 21.9. The number of benzene rings is 1. The van der Waals surface area contributed by atoms with Crippen molar-refractivity contribution < 1.29 is 19.1 Å². The topological polar surface area (TPSA) is 104 Å².